The van der Waals surface area contributed by atoms with Gasteiger partial charge in [0.25, 0.3) is 11.6 Å². The average Bonchev–Trinajstić information content (AvgIpc) is 3.21. The highest BCUT2D eigenvalue weighted by Crippen LogP contribution is 2.45. The number of hydrogen-bond donors (Lipinski definition) is 1. The molecular formula is C23H17N3O3. The molecule has 2 heterocycles. The van der Waals surface area contributed by atoms with Crippen LogP contribution in [0.3, 0.4) is 0 Å². The lowest BCUT2D eigenvalue weighted by molar-refractivity contribution is -0.384. The van der Waals surface area contributed by atoms with E-state index in [0.29, 0.717) is 11.3 Å². The lowest BCUT2D eigenvalue weighted by atomic mass is 9.95. The quantitative estimate of drug-likeness (QED) is 0.393. The van der Waals surface area contributed by atoms with Gasteiger partial charge in [0.1, 0.15) is 0 Å². The van der Waals surface area contributed by atoms with E-state index in [9.17, 15) is 14.9 Å². The normalized spacial score (nSPS) is 15.7. The Morgan fingerprint density at radius 3 is 2.41 bits per heavy atom. The standard InChI is InChI=1S/C23H17N3O3/c1-14-21(19-8-4-5-9-20(19)24-14)22-17-6-2-3-7-18(17)23(27)25(22)15-10-12-16(13-11-15)26(28)29/h2-13,22,24H,1H3. The molecule has 0 saturated carbocycles. The van der Waals surface area contributed by atoms with E-state index in [-0.39, 0.29) is 17.6 Å². The average molecular weight is 383 g/mol. The summed E-state index contributed by atoms with van der Waals surface area (Å²) in [7, 11) is 0. The molecule has 0 spiro atoms. The SMILES string of the molecule is Cc1[nH]c2ccccc2c1C1c2ccccc2C(=O)N1c1ccc([N+](=O)[O-])cc1. The molecule has 1 unspecified atom stereocenters. The van der Waals surface area contributed by atoms with Crippen molar-refractivity contribution in [3.8, 4) is 0 Å². The Balaban J connectivity index is 1.74. The van der Waals surface area contributed by atoms with Crippen molar-refractivity contribution in [3.05, 3.63) is 105 Å². The molecule has 1 amide bonds. The molecule has 0 radical (unpaired) electrons. The lowest BCUT2D eigenvalue weighted by Gasteiger charge is -2.26. The second kappa shape index (κ2) is 6.31. The van der Waals surface area contributed by atoms with Crippen LogP contribution in [0.4, 0.5) is 11.4 Å². The van der Waals surface area contributed by atoms with Gasteiger partial charge in [-0.3, -0.25) is 19.8 Å². The predicted molar refractivity (Wildman–Crippen MR) is 111 cm³/mol. The number of hydrogen-bond acceptors (Lipinski definition) is 3. The Hall–Kier alpha value is -3.93. The fraction of sp³-hybridized carbons (Fsp3) is 0.0870. The first-order chi connectivity index (χ1) is 14.1. The number of nitrogens with one attached hydrogen (secondary N) is 1. The smallest absolute Gasteiger partial charge is 0.269 e. The van der Waals surface area contributed by atoms with Crippen LogP contribution in [0.15, 0.2) is 72.8 Å². The number of non-ortho nitro benzene ring substituents is 1. The van der Waals surface area contributed by atoms with E-state index in [0.717, 1.165) is 27.7 Å². The number of aromatic amines is 1. The molecular weight excluding hydrogens is 366 g/mol. The summed E-state index contributed by atoms with van der Waals surface area (Å²) in [4.78, 5) is 29.1. The first-order valence-electron chi connectivity index (χ1n) is 9.30. The van der Waals surface area contributed by atoms with Crippen LogP contribution < -0.4 is 4.90 Å². The second-order valence-electron chi connectivity index (χ2n) is 7.15. The maximum atomic E-state index is 13.4. The monoisotopic (exact) mass is 383 g/mol. The number of aromatic nitrogens is 1. The summed E-state index contributed by atoms with van der Waals surface area (Å²) < 4.78 is 0. The van der Waals surface area contributed by atoms with E-state index in [4.69, 9.17) is 0 Å². The molecule has 1 aromatic heterocycles. The Morgan fingerprint density at radius 1 is 0.966 bits per heavy atom. The summed E-state index contributed by atoms with van der Waals surface area (Å²) in [5.74, 6) is -0.107. The van der Waals surface area contributed by atoms with Crippen LogP contribution in [-0.4, -0.2) is 15.8 Å². The zero-order valence-corrected chi connectivity index (χ0v) is 15.6. The number of carbonyl (C=O) groups excluding carboxylic acids is 1. The van der Waals surface area contributed by atoms with Crippen LogP contribution in [0.1, 0.15) is 33.2 Å². The van der Waals surface area contributed by atoms with Gasteiger partial charge in [-0.25, -0.2) is 0 Å². The van der Waals surface area contributed by atoms with E-state index < -0.39 is 4.92 Å². The number of fused-ring (bicyclic) bond motifs is 2. The molecule has 0 saturated heterocycles. The Morgan fingerprint density at radius 2 is 1.66 bits per heavy atom. The molecule has 0 bridgehead atoms. The Kier molecular flexibility index (Phi) is 3.74. The number of rotatable bonds is 3. The lowest BCUT2D eigenvalue weighted by Crippen LogP contribution is -2.28. The fourth-order valence-electron chi connectivity index (χ4n) is 4.25. The number of aryl methyl sites for hydroxylation is 1. The molecule has 5 rings (SSSR count). The van der Waals surface area contributed by atoms with E-state index in [2.05, 4.69) is 4.98 Å². The summed E-state index contributed by atoms with van der Waals surface area (Å²) in [6, 6.07) is 21.5. The zero-order valence-electron chi connectivity index (χ0n) is 15.6. The first-order valence-corrected chi connectivity index (χ1v) is 9.30. The maximum Gasteiger partial charge on any atom is 0.269 e. The van der Waals surface area contributed by atoms with Gasteiger partial charge in [-0.15, -0.1) is 0 Å². The van der Waals surface area contributed by atoms with Gasteiger partial charge < -0.3 is 4.98 Å². The third-order valence-corrected chi connectivity index (χ3v) is 5.52. The van der Waals surface area contributed by atoms with Crippen LogP contribution >= 0.6 is 0 Å². The number of nitro groups is 1. The number of carbonyl (C=O) groups is 1. The van der Waals surface area contributed by atoms with Crippen LogP contribution in [0.5, 0.6) is 0 Å². The molecule has 1 aliphatic heterocycles. The van der Waals surface area contributed by atoms with Gasteiger partial charge >= 0.3 is 0 Å². The van der Waals surface area contributed by atoms with E-state index in [1.165, 1.54) is 12.1 Å². The third kappa shape index (κ3) is 2.53. The van der Waals surface area contributed by atoms with Gasteiger partial charge in [0.2, 0.25) is 0 Å². The molecule has 29 heavy (non-hydrogen) atoms. The van der Waals surface area contributed by atoms with Crippen molar-refractivity contribution in [3.63, 3.8) is 0 Å². The highest BCUT2D eigenvalue weighted by Gasteiger charge is 2.40. The summed E-state index contributed by atoms with van der Waals surface area (Å²) in [6.45, 7) is 2.01. The third-order valence-electron chi connectivity index (χ3n) is 5.52. The summed E-state index contributed by atoms with van der Waals surface area (Å²) >= 11 is 0. The first kappa shape index (κ1) is 17.2. The minimum atomic E-state index is -0.439. The van der Waals surface area contributed by atoms with E-state index in [1.54, 1.807) is 17.0 Å². The van der Waals surface area contributed by atoms with Crippen molar-refractivity contribution < 1.29 is 9.72 Å². The number of H-pyrrole nitrogens is 1. The summed E-state index contributed by atoms with van der Waals surface area (Å²) in [6.07, 6.45) is 0. The number of nitro benzene ring substituents is 1. The highest BCUT2D eigenvalue weighted by molar-refractivity contribution is 6.12. The Labute approximate surface area is 166 Å². The van der Waals surface area contributed by atoms with Crippen LogP contribution in [0.2, 0.25) is 0 Å². The van der Waals surface area contributed by atoms with Gasteiger partial charge in [-0.1, -0.05) is 36.4 Å². The van der Waals surface area contributed by atoms with Gasteiger partial charge in [-0.2, -0.15) is 0 Å². The molecule has 6 nitrogen and oxygen atoms in total. The summed E-state index contributed by atoms with van der Waals surface area (Å²) in [5.41, 5.74) is 5.26. The highest BCUT2D eigenvalue weighted by atomic mass is 16.6. The maximum absolute atomic E-state index is 13.4. The molecule has 142 valence electrons. The van der Waals surface area contributed by atoms with Gasteiger partial charge in [0.15, 0.2) is 0 Å². The largest absolute Gasteiger partial charge is 0.358 e. The molecule has 4 aromatic rings. The van der Waals surface area contributed by atoms with E-state index in [1.807, 2.05) is 55.5 Å². The molecule has 1 N–H and O–H groups in total. The molecule has 0 fully saturated rings. The number of para-hydroxylation sites is 1. The van der Waals surface area contributed by atoms with Crippen molar-refractivity contribution in [2.75, 3.05) is 4.90 Å². The van der Waals surface area contributed by atoms with Crippen molar-refractivity contribution in [1.82, 2.24) is 4.98 Å². The predicted octanol–water partition coefficient (Wildman–Crippen LogP) is 5.13. The summed E-state index contributed by atoms with van der Waals surface area (Å²) in [5, 5.41) is 12.1. The van der Waals surface area contributed by atoms with Crippen LogP contribution in [-0.2, 0) is 0 Å². The molecule has 0 aliphatic carbocycles. The Bertz CT molecular complexity index is 1270. The second-order valence-corrected chi connectivity index (χ2v) is 7.15. The van der Waals surface area contributed by atoms with Crippen molar-refractivity contribution in [2.24, 2.45) is 0 Å². The van der Waals surface area contributed by atoms with Gasteiger partial charge in [0.05, 0.1) is 11.0 Å². The topological polar surface area (TPSA) is 79.2 Å². The number of amides is 1. The minimum Gasteiger partial charge on any atom is -0.358 e. The van der Waals surface area contributed by atoms with Crippen LogP contribution in [0.25, 0.3) is 10.9 Å². The minimum absolute atomic E-state index is 0.00210. The van der Waals surface area contributed by atoms with Crippen molar-refractivity contribution >= 4 is 28.2 Å². The van der Waals surface area contributed by atoms with E-state index >= 15 is 0 Å². The number of anilines is 1. The van der Waals surface area contributed by atoms with Gasteiger partial charge in [-0.05, 0) is 36.8 Å². The van der Waals surface area contributed by atoms with Crippen molar-refractivity contribution in [2.45, 2.75) is 13.0 Å². The fourth-order valence-corrected chi connectivity index (χ4v) is 4.25. The molecule has 3 aromatic carbocycles. The number of nitrogens with zero attached hydrogens (tertiary/aromatic N) is 2. The number of benzene rings is 3. The molecule has 1 aliphatic rings. The van der Waals surface area contributed by atoms with Crippen LogP contribution in [0, 0.1) is 17.0 Å². The molecule has 1 atom stereocenters. The van der Waals surface area contributed by atoms with Crippen molar-refractivity contribution in [1.29, 1.82) is 0 Å². The zero-order chi connectivity index (χ0) is 20.1. The molecule has 6 heteroatoms. The van der Waals surface area contributed by atoms with Gasteiger partial charge in [0, 0.05) is 45.5 Å².